The molecule has 1 aliphatic rings. The van der Waals surface area contributed by atoms with Crippen molar-refractivity contribution in [3.05, 3.63) is 33.8 Å². The van der Waals surface area contributed by atoms with Gasteiger partial charge in [0.05, 0.1) is 16.2 Å². The highest BCUT2D eigenvalue weighted by Crippen LogP contribution is 2.32. The zero-order valence-corrected chi connectivity index (χ0v) is 10.9. The summed E-state index contributed by atoms with van der Waals surface area (Å²) in [6, 6.07) is 2.50. The molecule has 1 heterocycles. The Labute approximate surface area is 107 Å². The second-order valence-corrected chi connectivity index (χ2v) is 5.22. The number of benzene rings is 1. The summed E-state index contributed by atoms with van der Waals surface area (Å²) in [7, 11) is 0. The van der Waals surface area contributed by atoms with E-state index in [9.17, 15) is 13.9 Å². The van der Waals surface area contributed by atoms with Crippen LogP contribution in [0.25, 0.3) is 0 Å². The van der Waals surface area contributed by atoms with Gasteiger partial charge in [0.2, 0.25) is 0 Å². The number of rotatable bonds is 2. The van der Waals surface area contributed by atoms with Gasteiger partial charge in [-0.05, 0) is 35.0 Å². The van der Waals surface area contributed by atoms with E-state index in [0.29, 0.717) is 13.0 Å². The molecule has 1 aromatic rings. The maximum absolute atomic E-state index is 13.8. The van der Waals surface area contributed by atoms with Crippen molar-refractivity contribution in [2.24, 2.45) is 0 Å². The van der Waals surface area contributed by atoms with Crippen molar-refractivity contribution in [1.82, 2.24) is 0 Å². The molecule has 0 aliphatic carbocycles. The lowest BCUT2D eigenvalue weighted by Crippen LogP contribution is -2.39. The van der Waals surface area contributed by atoms with Crippen molar-refractivity contribution in [2.45, 2.75) is 31.5 Å². The average Bonchev–Trinajstić information content (AvgIpc) is 2.60. The highest BCUT2D eigenvalue weighted by atomic mass is 79.9. The molecule has 0 radical (unpaired) electrons. The molecule has 94 valence electrons. The Morgan fingerprint density at radius 2 is 2.24 bits per heavy atom. The molecule has 5 heteroatoms. The fraction of sp³-hybridized carbons (Fsp3) is 0.500. The van der Waals surface area contributed by atoms with Crippen LogP contribution in [-0.4, -0.2) is 23.4 Å². The van der Waals surface area contributed by atoms with E-state index in [1.165, 1.54) is 12.1 Å². The Hall–Kier alpha value is -0.520. The van der Waals surface area contributed by atoms with Crippen molar-refractivity contribution in [3.63, 3.8) is 0 Å². The van der Waals surface area contributed by atoms with Gasteiger partial charge in [0.25, 0.3) is 0 Å². The molecule has 17 heavy (non-hydrogen) atoms. The molecule has 2 rings (SSSR count). The minimum atomic E-state index is -1.19. The summed E-state index contributed by atoms with van der Waals surface area (Å²) in [6.45, 7) is 2.12. The van der Waals surface area contributed by atoms with Crippen molar-refractivity contribution in [2.75, 3.05) is 6.61 Å². The van der Waals surface area contributed by atoms with Gasteiger partial charge in [0.15, 0.2) is 0 Å². The van der Waals surface area contributed by atoms with Crippen LogP contribution in [0.1, 0.15) is 18.9 Å². The fourth-order valence-electron chi connectivity index (χ4n) is 2.04. The SMILES string of the molecule is CC1OCCC1(O)Cc1c(F)ccc(Br)c1F. The van der Waals surface area contributed by atoms with Crippen molar-refractivity contribution in [1.29, 1.82) is 0 Å². The first-order valence-corrected chi connectivity index (χ1v) is 6.20. The number of halogens is 3. The van der Waals surface area contributed by atoms with Crippen LogP contribution in [0.4, 0.5) is 8.78 Å². The lowest BCUT2D eigenvalue weighted by Gasteiger charge is -2.26. The largest absolute Gasteiger partial charge is 0.387 e. The van der Waals surface area contributed by atoms with Crippen molar-refractivity contribution in [3.8, 4) is 0 Å². The molecule has 0 bridgehead atoms. The van der Waals surface area contributed by atoms with Gasteiger partial charge in [-0.15, -0.1) is 0 Å². The number of ether oxygens (including phenoxy) is 1. The summed E-state index contributed by atoms with van der Waals surface area (Å²) in [5, 5.41) is 10.3. The summed E-state index contributed by atoms with van der Waals surface area (Å²) in [6.07, 6.45) is -0.106. The third kappa shape index (κ3) is 2.37. The Kier molecular flexibility index (Phi) is 3.52. The van der Waals surface area contributed by atoms with Crippen LogP contribution in [0.3, 0.4) is 0 Å². The normalized spacial score (nSPS) is 28.6. The molecule has 2 nitrogen and oxygen atoms in total. The molecule has 0 aromatic heterocycles. The Balaban J connectivity index is 2.33. The zero-order valence-electron chi connectivity index (χ0n) is 9.34. The standard InChI is InChI=1S/C12H13BrF2O2/c1-7-12(16,4-5-17-7)6-8-10(14)3-2-9(13)11(8)15/h2-3,7,16H,4-6H2,1H3. The number of hydrogen-bond donors (Lipinski definition) is 1. The van der Waals surface area contributed by atoms with Crippen LogP contribution in [-0.2, 0) is 11.2 Å². The second-order valence-electron chi connectivity index (χ2n) is 4.37. The molecule has 1 fully saturated rings. The lowest BCUT2D eigenvalue weighted by molar-refractivity contribution is -0.0278. The van der Waals surface area contributed by atoms with Crippen LogP contribution >= 0.6 is 15.9 Å². The second kappa shape index (κ2) is 4.63. The monoisotopic (exact) mass is 306 g/mol. The van der Waals surface area contributed by atoms with E-state index in [1.54, 1.807) is 6.92 Å². The zero-order chi connectivity index (χ0) is 12.6. The molecule has 0 amide bonds. The molecule has 0 saturated carbocycles. The summed E-state index contributed by atoms with van der Waals surface area (Å²) >= 11 is 3.01. The molecule has 2 unspecified atom stereocenters. The average molecular weight is 307 g/mol. The molecule has 0 spiro atoms. The molecule has 1 N–H and O–H groups in total. The maximum Gasteiger partial charge on any atom is 0.143 e. The van der Waals surface area contributed by atoms with Gasteiger partial charge in [0.1, 0.15) is 11.6 Å². The fourth-order valence-corrected chi connectivity index (χ4v) is 2.41. The maximum atomic E-state index is 13.8. The lowest BCUT2D eigenvalue weighted by atomic mass is 9.88. The summed E-state index contributed by atoms with van der Waals surface area (Å²) in [5.41, 5.74) is -1.29. The predicted molar refractivity (Wildman–Crippen MR) is 62.7 cm³/mol. The quantitative estimate of drug-likeness (QED) is 0.852. The first-order valence-electron chi connectivity index (χ1n) is 5.40. The van der Waals surface area contributed by atoms with Gasteiger partial charge in [-0.25, -0.2) is 8.78 Å². The van der Waals surface area contributed by atoms with E-state index >= 15 is 0 Å². The summed E-state index contributed by atoms with van der Waals surface area (Å²) < 4.78 is 32.8. The van der Waals surface area contributed by atoms with Gasteiger partial charge in [0, 0.05) is 25.0 Å². The smallest absolute Gasteiger partial charge is 0.143 e. The number of aliphatic hydroxyl groups is 1. The Morgan fingerprint density at radius 1 is 1.53 bits per heavy atom. The first kappa shape index (κ1) is 12.9. The van der Waals surface area contributed by atoms with Gasteiger partial charge in [-0.3, -0.25) is 0 Å². The Morgan fingerprint density at radius 3 is 2.82 bits per heavy atom. The highest BCUT2D eigenvalue weighted by molar-refractivity contribution is 9.10. The third-order valence-electron chi connectivity index (χ3n) is 3.28. The predicted octanol–water partition coefficient (Wildman–Crippen LogP) is 2.81. The van der Waals surface area contributed by atoms with E-state index in [4.69, 9.17) is 4.74 Å². The van der Waals surface area contributed by atoms with Crippen LogP contribution in [0, 0.1) is 11.6 Å². The van der Waals surface area contributed by atoms with E-state index < -0.39 is 23.3 Å². The van der Waals surface area contributed by atoms with Gasteiger partial charge in [-0.2, -0.15) is 0 Å². The molecule has 1 aliphatic heterocycles. The molecule has 1 saturated heterocycles. The van der Waals surface area contributed by atoms with Crippen LogP contribution in [0.2, 0.25) is 0 Å². The molecule has 2 atom stereocenters. The van der Waals surface area contributed by atoms with Gasteiger partial charge >= 0.3 is 0 Å². The third-order valence-corrected chi connectivity index (χ3v) is 3.89. The van der Waals surface area contributed by atoms with E-state index in [0.717, 1.165) is 0 Å². The van der Waals surface area contributed by atoms with Crippen LogP contribution in [0.5, 0.6) is 0 Å². The molecular formula is C12H13BrF2O2. The van der Waals surface area contributed by atoms with Crippen molar-refractivity contribution >= 4 is 15.9 Å². The summed E-state index contributed by atoms with van der Waals surface area (Å²) in [4.78, 5) is 0. The highest BCUT2D eigenvalue weighted by Gasteiger charge is 2.40. The van der Waals surface area contributed by atoms with Crippen molar-refractivity contribution < 1.29 is 18.6 Å². The minimum Gasteiger partial charge on any atom is -0.387 e. The minimum absolute atomic E-state index is 0.0781. The van der Waals surface area contributed by atoms with E-state index in [1.807, 2.05) is 0 Å². The van der Waals surface area contributed by atoms with Crippen LogP contribution in [0.15, 0.2) is 16.6 Å². The first-order chi connectivity index (χ1) is 7.94. The molecule has 1 aromatic carbocycles. The summed E-state index contributed by atoms with van der Waals surface area (Å²) in [5.74, 6) is -1.30. The van der Waals surface area contributed by atoms with Gasteiger partial charge in [-0.1, -0.05) is 0 Å². The van der Waals surface area contributed by atoms with Gasteiger partial charge < -0.3 is 9.84 Å². The topological polar surface area (TPSA) is 29.5 Å². The molecular weight excluding hydrogens is 294 g/mol. The van der Waals surface area contributed by atoms with Crippen LogP contribution < -0.4 is 0 Å². The van der Waals surface area contributed by atoms with E-state index in [-0.39, 0.29) is 16.5 Å². The Bertz CT molecular complexity index is 439. The number of hydrogen-bond acceptors (Lipinski definition) is 2. The van der Waals surface area contributed by atoms with E-state index in [2.05, 4.69) is 15.9 Å².